The first kappa shape index (κ1) is 27.5. The van der Waals surface area contributed by atoms with Gasteiger partial charge in [0.1, 0.15) is 6.29 Å². The number of hydrogen-bond donors (Lipinski definition) is 2. The van der Waals surface area contributed by atoms with E-state index in [1.807, 2.05) is 25.1 Å². The Morgan fingerprint density at radius 2 is 1.54 bits per heavy atom. The van der Waals surface area contributed by atoms with Crippen LogP contribution in [0.15, 0.2) is 48.5 Å². The minimum Gasteiger partial charge on any atom is -0.298 e. The van der Waals surface area contributed by atoms with Gasteiger partial charge in [-0.05, 0) is 61.3 Å². The summed E-state index contributed by atoms with van der Waals surface area (Å²) < 4.78 is 0.689. The molecule has 0 spiro atoms. The molecule has 0 unspecified atom stereocenters. The average molecular weight is 455 g/mol. The van der Waals surface area contributed by atoms with Crippen LogP contribution >= 0.6 is 48.8 Å². The normalized spacial score (nSPS) is 13.1. The molecule has 0 saturated carbocycles. The number of aldehydes is 1. The number of benzene rings is 2. The zero-order valence-electron chi connectivity index (χ0n) is 16.1. The van der Waals surface area contributed by atoms with Crippen molar-refractivity contribution in [3.8, 4) is 0 Å². The second kappa shape index (κ2) is 17.4. The van der Waals surface area contributed by atoms with Crippen LogP contribution in [0.2, 0.25) is 0 Å². The van der Waals surface area contributed by atoms with Crippen molar-refractivity contribution in [2.75, 3.05) is 23.0 Å². The number of aryl methyl sites for hydroxylation is 2. The standard InChI is InChI=1S/C11H14S2.C8H8O.C3H8S2.CH4/c1-9-4-2-5-10(8-9)11-12-6-3-7-13-11;1-7-3-2-4-8(5-7)6-9;4-2-1-3-5;/h2,4-5,8,11H,3,6-7H2,1H3;2-6H,1H3;4-5H,1-3H2;1H4. The molecule has 1 aliphatic rings. The monoisotopic (exact) mass is 454 g/mol. The molecule has 3 rings (SSSR count). The molecule has 0 aliphatic carbocycles. The fraction of sp³-hybridized carbons (Fsp3) is 0.435. The van der Waals surface area contributed by atoms with E-state index in [2.05, 4.69) is 80.0 Å². The van der Waals surface area contributed by atoms with Crippen LogP contribution in [-0.4, -0.2) is 29.3 Å². The van der Waals surface area contributed by atoms with Gasteiger partial charge in [0, 0.05) is 5.56 Å². The first-order valence-corrected chi connectivity index (χ1v) is 12.5. The quantitative estimate of drug-likeness (QED) is 0.367. The molecule has 1 aliphatic heterocycles. The fourth-order valence-electron chi connectivity index (χ4n) is 2.31. The van der Waals surface area contributed by atoms with Gasteiger partial charge in [0.15, 0.2) is 0 Å². The molecule has 0 bridgehead atoms. The van der Waals surface area contributed by atoms with Gasteiger partial charge in [-0.1, -0.05) is 61.0 Å². The average Bonchev–Trinajstić information content (AvgIpc) is 2.70. The molecule has 5 heteroatoms. The Hall–Kier alpha value is -0.490. The van der Waals surface area contributed by atoms with Crippen LogP contribution < -0.4 is 0 Å². The molecule has 0 aromatic heterocycles. The summed E-state index contributed by atoms with van der Waals surface area (Å²) >= 11 is 12.1. The Labute approximate surface area is 191 Å². The third kappa shape index (κ3) is 12.2. The highest BCUT2D eigenvalue weighted by Gasteiger charge is 2.15. The zero-order valence-corrected chi connectivity index (χ0v) is 19.6. The van der Waals surface area contributed by atoms with Crippen molar-refractivity contribution in [3.63, 3.8) is 0 Å². The molecule has 0 radical (unpaired) electrons. The Bertz CT molecular complexity index is 653. The highest BCUT2D eigenvalue weighted by molar-refractivity contribution is 8.16. The Balaban J connectivity index is 0.000000427. The maximum Gasteiger partial charge on any atom is 0.150 e. The summed E-state index contributed by atoms with van der Waals surface area (Å²) in [5.74, 6) is 4.57. The summed E-state index contributed by atoms with van der Waals surface area (Å²) in [6.07, 6.45) is 3.34. The van der Waals surface area contributed by atoms with E-state index >= 15 is 0 Å². The van der Waals surface area contributed by atoms with Gasteiger partial charge in [-0.2, -0.15) is 25.3 Å². The third-order valence-electron chi connectivity index (χ3n) is 3.64. The van der Waals surface area contributed by atoms with Crippen molar-refractivity contribution in [3.05, 3.63) is 70.8 Å². The van der Waals surface area contributed by atoms with Gasteiger partial charge in [0.2, 0.25) is 0 Å². The molecule has 0 amide bonds. The van der Waals surface area contributed by atoms with Gasteiger partial charge in [-0.25, -0.2) is 0 Å². The van der Waals surface area contributed by atoms with E-state index < -0.39 is 0 Å². The van der Waals surface area contributed by atoms with Gasteiger partial charge in [0.05, 0.1) is 4.58 Å². The minimum absolute atomic E-state index is 0. The summed E-state index contributed by atoms with van der Waals surface area (Å²) in [6.45, 7) is 4.13. The van der Waals surface area contributed by atoms with E-state index in [9.17, 15) is 4.79 Å². The second-order valence-corrected chi connectivity index (χ2v) is 9.79. The van der Waals surface area contributed by atoms with Crippen molar-refractivity contribution < 1.29 is 4.79 Å². The zero-order chi connectivity index (χ0) is 19.9. The van der Waals surface area contributed by atoms with Gasteiger partial charge in [-0.3, -0.25) is 4.79 Å². The highest BCUT2D eigenvalue weighted by atomic mass is 32.2. The first-order chi connectivity index (χ1) is 13.1. The lowest BCUT2D eigenvalue weighted by Gasteiger charge is -2.21. The van der Waals surface area contributed by atoms with E-state index in [4.69, 9.17) is 0 Å². The molecule has 2 aromatic carbocycles. The summed E-state index contributed by atoms with van der Waals surface area (Å²) in [5.41, 5.74) is 4.74. The lowest BCUT2D eigenvalue weighted by Crippen LogP contribution is -2.00. The molecule has 1 saturated heterocycles. The Morgan fingerprint density at radius 3 is 1.96 bits per heavy atom. The molecule has 0 atom stereocenters. The number of carbonyl (C=O) groups excluding carboxylic acids is 1. The van der Waals surface area contributed by atoms with Gasteiger partial charge >= 0.3 is 0 Å². The summed E-state index contributed by atoms with van der Waals surface area (Å²) in [7, 11) is 0. The van der Waals surface area contributed by atoms with Gasteiger partial charge in [0.25, 0.3) is 0 Å². The predicted octanol–water partition coefficient (Wildman–Crippen LogP) is 7.54. The Morgan fingerprint density at radius 1 is 0.964 bits per heavy atom. The van der Waals surface area contributed by atoms with Gasteiger partial charge in [-0.15, -0.1) is 23.5 Å². The largest absolute Gasteiger partial charge is 0.298 e. The summed E-state index contributed by atoms with van der Waals surface area (Å²) in [4.78, 5) is 10.2. The van der Waals surface area contributed by atoms with E-state index in [1.165, 1.54) is 29.1 Å². The molecular formula is C23H34OS4. The maximum absolute atomic E-state index is 10.2. The number of rotatable bonds is 4. The molecule has 1 fully saturated rings. The number of thiol groups is 2. The molecule has 156 valence electrons. The highest BCUT2D eigenvalue weighted by Crippen LogP contribution is 2.43. The molecule has 1 heterocycles. The van der Waals surface area contributed by atoms with Crippen LogP contribution in [0.25, 0.3) is 0 Å². The molecule has 0 N–H and O–H groups in total. The van der Waals surface area contributed by atoms with Crippen molar-refractivity contribution in [1.29, 1.82) is 0 Å². The third-order valence-corrected chi connectivity index (χ3v) is 7.28. The van der Waals surface area contributed by atoms with E-state index in [-0.39, 0.29) is 7.43 Å². The number of hydrogen-bond acceptors (Lipinski definition) is 5. The molecular weight excluding hydrogens is 421 g/mol. The second-order valence-electron chi connectivity index (χ2n) is 6.17. The SMILES string of the molecule is C.Cc1cccc(C2SCCCS2)c1.Cc1cccc(C=O)c1.SCCCS. The smallest absolute Gasteiger partial charge is 0.150 e. The van der Waals surface area contributed by atoms with E-state index in [0.717, 1.165) is 35.3 Å². The predicted molar refractivity (Wildman–Crippen MR) is 139 cm³/mol. The van der Waals surface area contributed by atoms with Crippen molar-refractivity contribution in [2.24, 2.45) is 0 Å². The fourth-order valence-corrected chi connectivity index (χ4v) is 5.75. The van der Waals surface area contributed by atoms with Crippen LogP contribution in [0.1, 0.15) is 51.9 Å². The summed E-state index contributed by atoms with van der Waals surface area (Å²) in [5, 5.41) is 0. The Kier molecular flexibility index (Phi) is 17.1. The van der Waals surface area contributed by atoms with Crippen molar-refractivity contribution in [1.82, 2.24) is 0 Å². The van der Waals surface area contributed by atoms with Gasteiger partial charge < -0.3 is 0 Å². The van der Waals surface area contributed by atoms with Crippen LogP contribution in [0.5, 0.6) is 0 Å². The molecule has 1 nitrogen and oxygen atoms in total. The lowest BCUT2D eigenvalue weighted by molar-refractivity contribution is 0.112. The summed E-state index contributed by atoms with van der Waals surface area (Å²) in [6, 6.07) is 16.4. The number of thioether (sulfide) groups is 2. The number of carbonyl (C=O) groups is 1. The van der Waals surface area contributed by atoms with Crippen LogP contribution in [-0.2, 0) is 0 Å². The minimum atomic E-state index is 0. The molecule has 28 heavy (non-hydrogen) atoms. The van der Waals surface area contributed by atoms with Crippen LogP contribution in [0.3, 0.4) is 0 Å². The van der Waals surface area contributed by atoms with Crippen molar-refractivity contribution in [2.45, 2.75) is 38.7 Å². The maximum atomic E-state index is 10.2. The lowest BCUT2D eigenvalue weighted by atomic mass is 10.2. The van der Waals surface area contributed by atoms with E-state index in [0.29, 0.717) is 4.58 Å². The van der Waals surface area contributed by atoms with Crippen LogP contribution in [0, 0.1) is 13.8 Å². The van der Waals surface area contributed by atoms with E-state index in [1.54, 1.807) is 6.07 Å². The van der Waals surface area contributed by atoms with Crippen molar-refractivity contribution >= 4 is 55.1 Å². The van der Waals surface area contributed by atoms with Crippen LogP contribution in [0.4, 0.5) is 0 Å². The molecule has 2 aromatic rings. The first-order valence-electron chi connectivity index (χ1n) is 9.14. The topological polar surface area (TPSA) is 17.1 Å².